The van der Waals surface area contributed by atoms with Gasteiger partial charge in [0.25, 0.3) is 0 Å². The minimum atomic E-state index is 0. The van der Waals surface area contributed by atoms with Gasteiger partial charge < -0.3 is 36.4 Å². The van der Waals surface area contributed by atoms with Gasteiger partial charge in [0, 0.05) is 93.3 Å². The Morgan fingerprint density at radius 3 is 0.889 bits per heavy atom. The smallest absolute Gasteiger partial charge is 0 e. The van der Waals surface area contributed by atoms with Gasteiger partial charge in [-0.25, -0.2) is 0 Å². The molecule has 0 aliphatic rings. The first-order valence-electron chi connectivity index (χ1n) is 1.73. The first-order chi connectivity index (χ1) is 3.00. The summed E-state index contributed by atoms with van der Waals surface area (Å²) in [5, 5.41) is 0. The molecule has 0 spiro atoms. The molecule has 9 heavy (non-hydrogen) atoms. The molecule has 0 amide bonds. The summed E-state index contributed by atoms with van der Waals surface area (Å²) in [5.74, 6) is 0. The zero-order valence-electron chi connectivity index (χ0n) is 4.73. The first-order valence-corrected chi connectivity index (χ1v) is 1.73. The molecule has 3 heteroatoms. The van der Waals surface area contributed by atoms with Gasteiger partial charge in [-0.15, -0.1) is 0 Å². The second kappa shape index (κ2) is 13.0. The molecule has 0 aromatic heterocycles. The molecule has 0 bridgehead atoms. The second-order valence-corrected chi connectivity index (χ2v) is 0.933. The molecule has 0 N–H and O–H groups in total. The summed E-state index contributed by atoms with van der Waals surface area (Å²) in [7, 11) is 0. The molecule has 0 saturated heterocycles. The van der Waals surface area contributed by atoms with E-state index in [9.17, 15) is 0 Å². The van der Waals surface area contributed by atoms with E-state index in [-0.39, 0.29) is 93.3 Å². The van der Waals surface area contributed by atoms with Crippen molar-refractivity contribution in [2.24, 2.45) is 0 Å². The molecule has 0 aliphatic carbocycles. The van der Waals surface area contributed by atoms with Crippen molar-refractivity contribution in [3.05, 3.63) is 36.4 Å². The van der Waals surface area contributed by atoms with Gasteiger partial charge in [-0.2, -0.15) is 0 Å². The SMILES string of the molecule is [U].[U].[U].[c-]1c[c-]c[c-]c1. The van der Waals surface area contributed by atoms with Crippen molar-refractivity contribution in [3.63, 3.8) is 0 Å². The molecule has 0 nitrogen and oxygen atoms in total. The summed E-state index contributed by atoms with van der Waals surface area (Å²) in [4.78, 5) is 0. The number of hydrogen-bond acceptors (Lipinski definition) is 0. The monoisotopic (exact) mass is 789 g/mol. The standard InChI is InChI=1S/C6H3.3U/c1-2-4-6-5-3-1;;;/h1,4-5H;;;/q-3;;;. The Balaban J connectivity index is -0.000000120. The van der Waals surface area contributed by atoms with Crippen LogP contribution in [0.4, 0.5) is 0 Å². The zero-order valence-corrected chi connectivity index (χ0v) is 17.2. The summed E-state index contributed by atoms with van der Waals surface area (Å²) in [6, 6.07) is 13.5. The van der Waals surface area contributed by atoms with Crippen molar-refractivity contribution < 1.29 is 93.3 Å². The zero-order chi connectivity index (χ0) is 4.24. The number of benzene rings is 1. The maximum atomic E-state index is 2.78. The largest absolute Gasteiger partial charge is 0.545 e. The quantitative estimate of drug-likeness (QED) is 0.346. The molecule has 0 atom stereocenters. The maximum Gasteiger partial charge on any atom is 0 e. The van der Waals surface area contributed by atoms with Crippen LogP contribution in [0.2, 0.25) is 0 Å². The molecule has 1 rings (SSSR count). The van der Waals surface area contributed by atoms with Crippen LogP contribution < -0.4 is 0 Å². The fourth-order valence-corrected chi connectivity index (χ4v) is 0.269. The molecular weight excluding hydrogens is 786 g/mol. The van der Waals surface area contributed by atoms with Crippen LogP contribution in [0.1, 0.15) is 0 Å². The topological polar surface area (TPSA) is 0 Å². The van der Waals surface area contributed by atoms with E-state index in [0.717, 1.165) is 0 Å². The van der Waals surface area contributed by atoms with Crippen LogP contribution in [-0.2, 0) is 0 Å². The fraction of sp³-hybridized carbons (Fsp3) is 0. The average molecular weight is 789 g/mol. The van der Waals surface area contributed by atoms with Crippen molar-refractivity contribution >= 4 is 0 Å². The minimum absolute atomic E-state index is 0. The van der Waals surface area contributed by atoms with Crippen LogP contribution in [0.5, 0.6) is 0 Å². The van der Waals surface area contributed by atoms with E-state index in [2.05, 4.69) is 18.2 Å². The van der Waals surface area contributed by atoms with Gasteiger partial charge in [-0.3, -0.25) is 0 Å². The third kappa shape index (κ3) is 10.4. The van der Waals surface area contributed by atoms with Crippen molar-refractivity contribution in [1.29, 1.82) is 0 Å². The van der Waals surface area contributed by atoms with E-state index in [1.807, 2.05) is 0 Å². The summed E-state index contributed by atoms with van der Waals surface area (Å²) in [6.45, 7) is 0. The summed E-state index contributed by atoms with van der Waals surface area (Å²) < 4.78 is 0. The molecule has 1 aromatic rings. The van der Waals surface area contributed by atoms with Crippen LogP contribution in [-0.4, -0.2) is 0 Å². The van der Waals surface area contributed by atoms with Crippen molar-refractivity contribution in [3.8, 4) is 0 Å². The maximum absolute atomic E-state index is 2.78. The van der Waals surface area contributed by atoms with Gasteiger partial charge in [-0.05, 0) is 0 Å². The van der Waals surface area contributed by atoms with Crippen LogP contribution in [0.15, 0.2) is 18.2 Å². The average Bonchev–Trinajstić information content (AvgIpc) is 1.72. The number of rotatable bonds is 0. The van der Waals surface area contributed by atoms with E-state index >= 15 is 0 Å². The van der Waals surface area contributed by atoms with Gasteiger partial charge in [0.1, 0.15) is 0 Å². The van der Waals surface area contributed by atoms with E-state index in [1.54, 1.807) is 18.2 Å². The van der Waals surface area contributed by atoms with E-state index in [4.69, 9.17) is 0 Å². The molecule has 0 aliphatic heterocycles. The Hall–Kier alpha value is 2.38. The van der Waals surface area contributed by atoms with E-state index in [0.29, 0.717) is 0 Å². The van der Waals surface area contributed by atoms with Gasteiger partial charge in [0.15, 0.2) is 0 Å². The molecule has 0 fully saturated rings. The van der Waals surface area contributed by atoms with E-state index < -0.39 is 0 Å². The Morgan fingerprint density at radius 2 is 0.778 bits per heavy atom. The Morgan fingerprint density at radius 1 is 0.556 bits per heavy atom. The van der Waals surface area contributed by atoms with Crippen molar-refractivity contribution in [2.75, 3.05) is 0 Å². The molecule has 1 aromatic carbocycles. The van der Waals surface area contributed by atoms with Crippen molar-refractivity contribution in [2.45, 2.75) is 0 Å². The molecule has 0 heterocycles. The van der Waals surface area contributed by atoms with Crippen molar-refractivity contribution in [1.82, 2.24) is 0 Å². The molecule has 42 valence electrons. The molecular formula is C6H3U3-3. The Labute approximate surface area is 127 Å². The second-order valence-electron chi connectivity index (χ2n) is 0.933. The predicted octanol–water partition coefficient (Wildman–Crippen LogP) is 1.09. The van der Waals surface area contributed by atoms with E-state index in [1.165, 1.54) is 0 Å². The van der Waals surface area contributed by atoms with Crippen LogP contribution in [0, 0.1) is 112 Å². The summed E-state index contributed by atoms with van der Waals surface area (Å²) in [5.41, 5.74) is 0. The van der Waals surface area contributed by atoms with Gasteiger partial charge in [0.05, 0.1) is 0 Å². The summed E-state index contributed by atoms with van der Waals surface area (Å²) >= 11 is 0. The third-order valence-electron chi connectivity index (χ3n) is 0.500. The Bertz CT molecular complexity index is 80.2. The normalized spacial score (nSPS) is 5.33. The third-order valence-corrected chi connectivity index (χ3v) is 0.500. The van der Waals surface area contributed by atoms with Crippen LogP contribution in [0.25, 0.3) is 0 Å². The minimum Gasteiger partial charge on any atom is -0.545 e. The van der Waals surface area contributed by atoms with Gasteiger partial charge in [0.2, 0.25) is 0 Å². The molecule has 0 unspecified atom stereocenters. The fourth-order valence-electron chi connectivity index (χ4n) is 0.269. The summed E-state index contributed by atoms with van der Waals surface area (Å²) in [6.07, 6.45) is 0. The van der Waals surface area contributed by atoms with Gasteiger partial charge >= 0.3 is 0 Å². The molecule has 0 saturated carbocycles. The first kappa shape index (κ1) is 17.5. The van der Waals surface area contributed by atoms with Crippen LogP contribution in [0.3, 0.4) is 0 Å². The van der Waals surface area contributed by atoms with Gasteiger partial charge in [-0.1, -0.05) is 0 Å². The molecule has 0 radical (unpaired) electrons. The number of hydrogen-bond donors (Lipinski definition) is 0. The predicted molar refractivity (Wildman–Crippen MR) is 22.9 cm³/mol. The van der Waals surface area contributed by atoms with Crippen LogP contribution >= 0.6 is 0 Å². The Kier molecular flexibility index (Phi) is 25.2.